The Hall–Kier alpha value is -2.96. The van der Waals surface area contributed by atoms with Crippen molar-refractivity contribution in [2.24, 2.45) is 5.28 Å². The first-order chi connectivity index (χ1) is 12.2. The lowest BCUT2D eigenvalue weighted by Gasteiger charge is -2.12. The van der Waals surface area contributed by atoms with Gasteiger partial charge in [-0.05, 0) is 37.6 Å². The molecule has 2 aromatic rings. The van der Waals surface area contributed by atoms with E-state index in [1.807, 2.05) is 44.2 Å². The molecule has 0 unspecified atom stereocenters. The molecule has 0 aliphatic heterocycles. The summed E-state index contributed by atoms with van der Waals surface area (Å²) in [5.74, 6) is 1.48. The Morgan fingerprint density at radius 1 is 1.08 bits per heavy atom. The third kappa shape index (κ3) is 4.12. The third-order valence-corrected chi connectivity index (χ3v) is 3.83. The Morgan fingerprint density at radius 2 is 1.76 bits per heavy atom. The number of rotatable bonds is 8. The van der Waals surface area contributed by atoms with E-state index in [4.69, 9.17) is 14.3 Å². The molecule has 7 nitrogen and oxygen atoms in total. The number of ether oxygens (including phenoxy) is 2. The minimum absolute atomic E-state index is 0.442. The number of nitrogens with zero attached hydrogens (tertiary/aromatic N) is 3. The van der Waals surface area contributed by atoms with E-state index in [1.54, 1.807) is 20.3 Å². The van der Waals surface area contributed by atoms with Gasteiger partial charge in [0, 0.05) is 10.8 Å². The summed E-state index contributed by atoms with van der Waals surface area (Å²) in [5.41, 5.74) is 0.865. The summed E-state index contributed by atoms with van der Waals surface area (Å²) in [6.45, 7) is 4.85. The predicted octanol–water partition coefficient (Wildman–Crippen LogP) is 3.98. The lowest BCUT2D eigenvalue weighted by Crippen LogP contribution is -2.30. The van der Waals surface area contributed by atoms with Crippen molar-refractivity contribution in [1.82, 2.24) is 5.01 Å². The van der Waals surface area contributed by atoms with Gasteiger partial charge in [-0.3, -0.25) is 0 Å². The van der Waals surface area contributed by atoms with E-state index >= 15 is 0 Å². The standard InChI is InChI=1S/C18H23N3O4/c1-5-20(6-2)21(22)19-25-13-12-14-8-7-9-15-16(23-3)10-11-17(24-4)18(14)15/h7-13H,5-6H2,1-4H3/b13-12+,21-19-. The van der Waals surface area contributed by atoms with E-state index in [9.17, 15) is 5.21 Å². The van der Waals surface area contributed by atoms with Gasteiger partial charge in [-0.2, -0.15) is 0 Å². The molecule has 2 rings (SSSR count). The van der Waals surface area contributed by atoms with E-state index in [2.05, 4.69) is 5.28 Å². The van der Waals surface area contributed by atoms with Gasteiger partial charge in [-0.1, -0.05) is 18.2 Å². The van der Waals surface area contributed by atoms with Crippen LogP contribution in [-0.4, -0.2) is 37.3 Å². The number of hydrogen-bond donors (Lipinski definition) is 0. The van der Waals surface area contributed by atoms with Crippen LogP contribution in [0, 0.1) is 5.21 Å². The predicted molar refractivity (Wildman–Crippen MR) is 96.1 cm³/mol. The zero-order valence-corrected chi connectivity index (χ0v) is 14.9. The summed E-state index contributed by atoms with van der Waals surface area (Å²) < 4.78 is 10.9. The molecule has 7 heteroatoms. The van der Waals surface area contributed by atoms with Crippen LogP contribution in [0.4, 0.5) is 0 Å². The van der Waals surface area contributed by atoms with Crippen molar-refractivity contribution in [2.45, 2.75) is 13.8 Å². The van der Waals surface area contributed by atoms with Gasteiger partial charge in [0.2, 0.25) is 5.28 Å². The molecule has 0 N–H and O–H groups in total. The maximum absolute atomic E-state index is 11.7. The Kier molecular flexibility index (Phi) is 6.45. The van der Waals surface area contributed by atoms with Gasteiger partial charge in [0.15, 0.2) is 0 Å². The molecule has 134 valence electrons. The fourth-order valence-electron chi connectivity index (χ4n) is 2.55. The molecule has 0 aromatic heterocycles. The minimum atomic E-state index is 0.442. The van der Waals surface area contributed by atoms with E-state index in [0.717, 1.165) is 27.8 Å². The van der Waals surface area contributed by atoms with E-state index in [1.165, 1.54) is 11.3 Å². The first-order valence-electron chi connectivity index (χ1n) is 8.05. The molecule has 2 aromatic carbocycles. The van der Waals surface area contributed by atoms with Crippen LogP contribution in [0.2, 0.25) is 0 Å². The van der Waals surface area contributed by atoms with Crippen LogP contribution in [0.3, 0.4) is 0 Å². The molecule has 0 fully saturated rings. The highest BCUT2D eigenvalue weighted by Crippen LogP contribution is 2.35. The molecule has 0 saturated heterocycles. The highest BCUT2D eigenvalue weighted by Gasteiger charge is 2.10. The topological polar surface area (TPSA) is 69.4 Å². The molecule has 0 aliphatic rings. The quantitative estimate of drug-likeness (QED) is 0.313. The molecule has 25 heavy (non-hydrogen) atoms. The summed E-state index contributed by atoms with van der Waals surface area (Å²) in [6.07, 6.45) is 3.09. The van der Waals surface area contributed by atoms with Crippen molar-refractivity contribution < 1.29 is 19.3 Å². The summed E-state index contributed by atoms with van der Waals surface area (Å²) in [4.78, 5) is 5.45. The van der Waals surface area contributed by atoms with Crippen molar-refractivity contribution in [3.05, 3.63) is 47.4 Å². The van der Waals surface area contributed by atoms with Gasteiger partial charge in [-0.25, -0.2) is 0 Å². The zero-order chi connectivity index (χ0) is 18.2. The van der Waals surface area contributed by atoms with Crippen molar-refractivity contribution in [2.75, 3.05) is 27.3 Å². The summed E-state index contributed by atoms with van der Waals surface area (Å²) in [6, 6.07) is 9.50. The second kappa shape index (κ2) is 8.77. The first kappa shape index (κ1) is 18.4. The van der Waals surface area contributed by atoms with Crippen molar-refractivity contribution in [3.63, 3.8) is 0 Å². The van der Waals surface area contributed by atoms with Crippen LogP contribution in [0.1, 0.15) is 19.4 Å². The first-order valence-corrected chi connectivity index (χ1v) is 8.05. The van der Waals surface area contributed by atoms with Crippen LogP contribution in [0.5, 0.6) is 11.5 Å². The van der Waals surface area contributed by atoms with Crippen LogP contribution < -0.4 is 9.47 Å². The Balaban J connectivity index is 2.31. The molecular weight excluding hydrogens is 322 g/mol. The van der Waals surface area contributed by atoms with Crippen LogP contribution >= 0.6 is 0 Å². The van der Waals surface area contributed by atoms with Crippen molar-refractivity contribution >= 4 is 16.8 Å². The molecule has 0 spiro atoms. The SMILES string of the molecule is CCN(CC)/[N+]([O-])=N/O/C=C/c1cccc2c(OC)ccc(OC)c12. The second-order valence-corrected chi connectivity index (χ2v) is 5.12. The molecule has 0 radical (unpaired) electrons. The number of benzene rings is 2. The van der Waals surface area contributed by atoms with Crippen molar-refractivity contribution in [1.29, 1.82) is 0 Å². The fraction of sp³-hybridized carbons (Fsp3) is 0.333. The molecule has 0 heterocycles. The Bertz CT molecular complexity index is 770. The normalized spacial score (nSPS) is 11.8. The Labute approximate surface area is 147 Å². The molecule has 0 amide bonds. The Morgan fingerprint density at radius 3 is 2.40 bits per heavy atom. The van der Waals surface area contributed by atoms with Crippen LogP contribution in [0.25, 0.3) is 16.8 Å². The van der Waals surface area contributed by atoms with Gasteiger partial charge in [-0.15, -0.1) is 5.01 Å². The van der Waals surface area contributed by atoms with Gasteiger partial charge in [0.1, 0.15) is 17.8 Å². The molecule has 0 aliphatic carbocycles. The lowest BCUT2D eigenvalue weighted by molar-refractivity contribution is -0.708. The maximum Gasteiger partial charge on any atom is 0.238 e. The monoisotopic (exact) mass is 345 g/mol. The smallest absolute Gasteiger partial charge is 0.238 e. The molecule has 0 bridgehead atoms. The van der Waals surface area contributed by atoms with Gasteiger partial charge < -0.3 is 19.5 Å². The maximum atomic E-state index is 11.7. The zero-order valence-electron chi connectivity index (χ0n) is 14.9. The fourth-order valence-corrected chi connectivity index (χ4v) is 2.55. The number of fused-ring (bicyclic) bond motifs is 1. The van der Waals surface area contributed by atoms with Gasteiger partial charge in [0.25, 0.3) is 0 Å². The largest absolute Gasteiger partial charge is 0.569 e. The molecule has 0 atom stereocenters. The van der Waals surface area contributed by atoms with Crippen LogP contribution in [0.15, 0.2) is 41.9 Å². The highest BCUT2D eigenvalue weighted by molar-refractivity contribution is 5.99. The number of methoxy groups -OCH3 is 2. The number of hydrogen-bond acceptors (Lipinski definition) is 5. The van der Waals surface area contributed by atoms with Crippen LogP contribution in [-0.2, 0) is 4.84 Å². The average molecular weight is 345 g/mol. The minimum Gasteiger partial charge on any atom is -0.569 e. The average Bonchev–Trinajstić information content (AvgIpc) is 2.65. The van der Waals surface area contributed by atoms with Crippen molar-refractivity contribution in [3.8, 4) is 11.5 Å². The highest BCUT2D eigenvalue weighted by atomic mass is 16.7. The molecule has 0 saturated carbocycles. The summed E-state index contributed by atoms with van der Waals surface area (Å²) >= 11 is 0. The second-order valence-electron chi connectivity index (χ2n) is 5.12. The van der Waals surface area contributed by atoms with Gasteiger partial charge >= 0.3 is 0 Å². The summed E-state index contributed by atoms with van der Waals surface area (Å²) in [5, 5.41) is 18.5. The molecular formula is C18H23N3O4. The van der Waals surface area contributed by atoms with E-state index in [0.29, 0.717) is 18.1 Å². The summed E-state index contributed by atoms with van der Waals surface area (Å²) in [7, 11) is 3.24. The lowest BCUT2D eigenvalue weighted by atomic mass is 10.0. The van der Waals surface area contributed by atoms with E-state index in [-0.39, 0.29) is 0 Å². The van der Waals surface area contributed by atoms with E-state index < -0.39 is 0 Å². The third-order valence-electron chi connectivity index (χ3n) is 3.83. The van der Waals surface area contributed by atoms with Gasteiger partial charge in [0.05, 0.1) is 32.3 Å². The number of hydrazine groups is 1.